The van der Waals surface area contributed by atoms with Crippen molar-refractivity contribution in [3.05, 3.63) is 29.8 Å². The van der Waals surface area contributed by atoms with Crippen LogP contribution in [0.2, 0.25) is 0 Å². The van der Waals surface area contributed by atoms with Gasteiger partial charge in [0.1, 0.15) is 5.75 Å². The van der Waals surface area contributed by atoms with Crippen LogP contribution in [-0.4, -0.2) is 37.7 Å². The van der Waals surface area contributed by atoms with Crippen LogP contribution in [0.25, 0.3) is 0 Å². The molecule has 1 saturated heterocycles. The minimum atomic E-state index is 0.303. The number of piperidine rings is 1. The topological polar surface area (TPSA) is 38.5 Å². The third kappa shape index (κ3) is 3.24. The molecule has 1 aliphatic rings. The van der Waals surface area contributed by atoms with E-state index in [0.717, 1.165) is 31.8 Å². The molecule has 1 aliphatic heterocycles. The fourth-order valence-electron chi connectivity index (χ4n) is 2.85. The van der Waals surface area contributed by atoms with E-state index < -0.39 is 0 Å². The second-order valence-electron chi connectivity index (χ2n) is 5.23. The summed E-state index contributed by atoms with van der Waals surface area (Å²) in [6, 6.07) is 8.73. The second-order valence-corrected chi connectivity index (χ2v) is 5.23. The lowest BCUT2D eigenvalue weighted by molar-refractivity contribution is 0.189. The highest BCUT2D eigenvalue weighted by Gasteiger charge is 2.25. The maximum atomic E-state index is 6.17. The molecule has 0 bridgehead atoms. The average Bonchev–Trinajstić information content (AvgIpc) is 2.38. The van der Waals surface area contributed by atoms with E-state index in [4.69, 9.17) is 10.5 Å². The van der Waals surface area contributed by atoms with Gasteiger partial charge in [-0.2, -0.15) is 0 Å². The van der Waals surface area contributed by atoms with Gasteiger partial charge in [-0.25, -0.2) is 0 Å². The largest absolute Gasteiger partial charge is 0.497 e. The Bertz CT molecular complexity index is 363. The van der Waals surface area contributed by atoms with Crippen LogP contribution in [0.5, 0.6) is 5.75 Å². The van der Waals surface area contributed by atoms with Gasteiger partial charge < -0.3 is 15.4 Å². The first-order chi connectivity index (χ1) is 8.72. The van der Waals surface area contributed by atoms with Gasteiger partial charge in [0.15, 0.2) is 0 Å². The first-order valence-electron chi connectivity index (χ1n) is 6.84. The van der Waals surface area contributed by atoms with Gasteiger partial charge in [-0.3, -0.25) is 0 Å². The lowest BCUT2D eigenvalue weighted by Gasteiger charge is -2.36. The van der Waals surface area contributed by atoms with Crippen molar-refractivity contribution < 1.29 is 4.74 Å². The molecule has 0 aliphatic carbocycles. The SMILES string of the molecule is CCCN1CC(N)CC(c2ccc(OC)cc2)C1. The van der Waals surface area contributed by atoms with E-state index in [1.807, 2.05) is 12.1 Å². The van der Waals surface area contributed by atoms with E-state index in [2.05, 4.69) is 24.0 Å². The summed E-state index contributed by atoms with van der Waals surface area (Å²) in [5.74, 6) is 1.48. The molecule has 18 heavy (non-hydrogen) atoms. The number of rotatable bonds is 4. The molecule has 3 nitrogen and oxygen atoms in total. The highest BCUT2D eigenvalue weighted by atomic mass is 16.5. The van der Waals surface area contributed by atoms with E-state index in [1.54, 1.807) is 7.11 Å². The average molecular weight is 248 g/mol. The molecule has 0 amide bonds. The summed E-state index contributed by atoms with van der Waals surface area (Å²) in [6.07, 6.45) is 2.29. The number of benzene rings is 1. The summed E-state index contributed by atoms with van der Waals surface area (Å²) in [4.78, 5) is 2.49. The molecule has 2 unspecified atom stereocenters. The molecule has 0 saturated carbocycles. The molecule has 1 aromatic carbocycles. The molecule has 1 fully saturated rings. The Hall–Kier alpha value is -1.06. The summed E-state index contributed by atoms with van der Waals surface area (Å²) >= 11 is 0. The van der Waals surface area contributed by atoms with Gasteiger partial charge >= 0.3 is 0 Å². The maximum Gasteiger partial charge on any atom is 0.118 e. The summed E-state index contributed by atoms with van der Waals surface area (Å²) in [7, 11) is 1.70. The fraction of sp³-hybridized carbons (Fsp3) is 0.600. The van der Waals surface area contributed by atoms with Crippen molar-refractivity contribution in [2.24, 2.45) is 5.73 Å². The first-order valence-corrected chi connectivity index (χ1v) is 6.84. The van der Waals surface area contributed by atoms with Crippen molar-refractivity contribution in [3.63, 3.8) is 0 Å². The Kier molecular flexibility index (Phi) is 4.61. The number of nitrogens with zero attached hydrogens (tertiary/aromatic N) is 1. The van der Waals surface area contributed by atoms with Crippen LogP contribution < -0.4 is 10.5 Å². The van der Waals surface area contributed by atoms with E-state index in [0.29, 0.717) is 12.0 Å². The summed E-state index contributed by atoms with van der Waals surface area (Å²) < 4.78 is 5.20. The first kappa shape index (κ1) is 13.4. The minimum absolute atomic E-state index is 0.303. The smallest absolute Gasteiger partial charge is 0.118 e. The van der Waals surface area contributed by atoms with Gasteiger partial charge in [-0.15, -0.1) is 0 Å². The van der Waals surface area contributed by atoms with E-state index in [-0.39, 0.29) is 0 Å². The second kappa shape index (κ2) is 6.21. The van der Waals surface area contributed by atoms with Crippen molar-refractivity contribution >= 4 is 0 Å². The Morgan fingerprint density at radius 1 is 1.28 bits per heavy atom. The van der Waals surface area contributed by atoms with E-state index >= 15 is 0 Å². The number of methoxy groups -OCH3 is 1. The Balaban J connectivity index is 2.06. The number of likely N-dealkylation sites (tertiary alicyclic amines) is 1. The molecule has 2 atom stereocenters. The van der Waals surface area contributed by atoms with E-state index in [9.17, 15) is 0 Å². The van der Waals surface area contributed by atoms with Crippen molar-refractivity contribution in [3.8, 4) is 5.75 Å². The highest BCUT2D eigenvalue weighted by Crippen LogP contribution is 2.27. The Labute approximate surface area is 110 Å². The van der Waals surface area contributed by atoms with Crippen LogP contribution in [0.4, 0.5) is 0 Å². The highest BCUT2D eigenvalue weighted by molar-refractivity contribution is 5.30. The quantitative estimate of drug-likeness (QED) is 0.888. The van der Waals surface area contributed by atoms with Gasteiger partial charge in [0.2, 0.25) is 0 Å². The molecule has 2 rings (SSSR count). The van der Waals surface area contributed by atoms with Crippen molar-refractivity contribution in [2.45, 2.75) is 31.7 Å². The molecule has 1 heterocycles. The predicted octanol–water partition coefficient (Wildman–Crippen LogP) is 2.22. The fourth-order valence-corrected chi connectivity index (χ4v) is 2.85. The normalized spacial score (nSPS) is 25.1. The summed E-state index contributed by atoms with van der Waals surface area (Å²) in [5, 5.41) is 0. The third-order valence-electron chi connectivity index (χ3n) is 3.69. The van der Waals surface area contributed by atoms with Gasteiger partial charge in [0.25, 0.3) is 0 Å². The van der Waals surface area contributed by atoms with Crippen LogP contribution in [-0.2, 0) is 0 Å². The zero-order valence-corrected chi connectivity index (χ0v) is 11.4. The zero-order chi connectivity index (χ0) is 13.0. The van der Waals surface area contributed by atoms with Crippen LogP contribution >= 0.6 is 0 Å². The summed E-state index contributed by atoms with van der Waals surface area (Å²) in [6.45, 7) is 5.55. The number of hydrogen-bond donors (Lipinski definition) is 1. The molecule has 1 aromatic rings. The van der Waals surface area contributed by atoms with Gasteiger partial charge in [0.05, 0.1) is 7.11 Å². The number of nitrogens with two attached hydrogens (primary N) is 1. The third-order valence-corrected chi connectivity index (χ3v) is 3.69. The molecule has 0 radical (unpaired) electrons. The molecule has 0 aromatic heterocycles. The molecular formula is C15H24N2O. The van der Waals surface area contributed by atoms with Gasteiger partial charge in [-0.1, -0.05) is 19.1 Å². The Morgan fingerprint density at radius 3 is 2.61 bits per heavy atom. The molecule has 3 heteroatoms. The van der Waals surface area contributed by atoms with Gasteiger partial charge in [0, 0.05) is 19.1 Å². The molecule has 2 N–H and O–H groups in total. The molecular weight excluding hydrogens is 224 g/mol. The van der Waals surface area contributed by atoms with Crippen LogP contribution in [0.3, 0.4) is 0 Å². The minimum Gasteiger partial charge on any atom is -0.497 e. The monoisotopic (exact) mass is 248 g/mol. The predicted molar refractivity (Wildman–Crippen MR) is 75.1 cm³/mol. The van der Waals surface area contributed by atoms with Crippen molar-refractivity contribution in [1.82, 2.24) is 4.90 Å². The van der Waals surface area contributed by atoms with Crippen molar-refractivity contribution in [1.29, 1.82) is 0 Å². The number of hydrogen-bond acceptors (Lipinski definition) is 3. The standard InChI is InChI=1S/C15H24N2O/c1-3-8-17-10-13(9-14(16)11-17)12-4-6-15(18-2)7-5-12/h4-7,13-14H,3,8-11,16H2,1-2H3. The Morgan fingerprint density at radius 2 is 2.00 bits per heavy atom. The lowest BCUT2D eigenvalue weighted by Crippen LogP contribution is -2.46. The van der Waals surface area contributed by atoms with Crippen LogP contribution in [0.15, 0.2) is 24.3 Å². The van der Waals surface area contributed by atoms with Gasteiger partial charge in [-0.05, 0) is 43.0 Å². The molecule has 0 spiro atoms. The van der Waals surface area contributed by atoms with Crippen LogP contribution in [0, 0.1) is 0 Å². The lowest BCUT2D eigenvalue weighted by atomic mass is 9.88. The van der Waals surface area contributed by atoms with E-state index in [1.165, 1.54) is 12.0 Å². The van der Waals surface area contributed by atoms with Crippen LogP contribution in [0.1, 0.15) is 31.2 Å². The zero-order valence-electron chi connectivity index (χ0n) is 11.4. The van der Waals surface area contributed by atoms with Crippen molar-refractivity contribution in [2.75, 3.05) is 26.7 Å². The summed E-state index contributed by atoms with van der Waals surface area (Å²) in [5.41, 5.74) is 7.55. The molecule has 100 valence electrons. The number of ether oxygens (including phenoxy) is 1. The maximum absolute atomic E-state index is 6.17.